The van der Waals surface area contributed by atoms with Crippen LogP contribution in [-0.2, 0) is 0 Å². The third-order valence-corrected chi connectivity index (χ3v) is 3.69. The predicted molar refractivity (Wildman–Crippen MR) is 59.8 cm³/mol. The molecule has 2 N–H and O–H groups in total. The maximum Gasteiger partial charge on any atom is 0.0725 e. The molecule has 0 amide bonds. The second-order valence-electron chi connectivity index (χ2n) is 4.68. The number of aromatic amines is 1. The Morgan fingerprint density at radius 1 is 1.40 bits per heavy atom. The quantitative estimate of drug-likeness (QED) is 0.769. The van der Waals surface area contributed by atoms with Crippen LogP contribution in [0, 0.1) is 0 Å². The number of rotatable bonds is 2. The fraction of sp³-hybridized carbons (Fsp3) is 0.727. The number of anilines is 1. The van der Waals surface area contributed by atoms with E-state index in [9.17, 15) is 0 Å². The molecule has 3 heterocycles. The predicted octanol–water partition coefficient (Wildman–Crippen LogP) is 1.45. The van der Waals surface area contributed by atoms with E-state index in [4.69, 9.17) is 0 Å². The molecule has 1 aromatic rings. The highest BCUT2D eigenvalue weighted by molar-refractivity contribution is 5.38. The van der Waals surface area contributed by atoms with Crippen LogP contribution < -0.4 is 5.32 Å². The molecular formula is C11H18N4. The molecule has 0 saturated carbocycles. The van der Waals surface area contributed by atoms with Gasteiger partial charge in [0.1, 0.15) is 0 Å². The first-order valence-corrected chi connectivity index (χ1v) is 5.91. The molecule has 3 rings (SSSR count). The van der Waals surface area contributed by atoms with E-state index in [1.165, 1.54) is 38.8 Å². The fourth-order valence-electron chi connectivity index (χ4n) is 2.92. The first kappa shape index (κ1) is 9.21. The number of nitrogens with zero attached hydrogens (tertiary/aromatic N) is 2. The number of piperidine rings is 1. The van der Waals surface area contributed by atoms with E-state index in [0.29, 0.717) is 6.04 Å². The zero-order valence-corrected chi connectivity index (χ0v) is 8.95. The monoisotopic (exact) mass is 206 g/mol. The van der Waals surface area contributed by atoms with Crippen molar-refractivity contribution in [3.05, 3.63) is 12.4 Å². The van der Waals surface area contributed by atoms with Crippen LogP contribution in [0.1, 0.15) is 25.7 Å². The smallest absolute Gasteiger partial charge is 0.0725 e. The SMILES string of the molecule is c1n[nH]cc1NC1CCN2CCCC2C1. The van der Waals surface area contributed by atoms with E-state index in [0.717, 1.165) is 11.7 Å². The van der Waals surface area contributed by atoms with Crippen LogP contribution in [0.5, 0.6) is 0 Å². The zero-order valence-electron chi connectivity index (χ0n) is 8.95. The van der Waals surface area contributed by atoms with Crippen LogP contribution in [0.2, 0.25) is 0 Å². The molecule has 2 aliphatic rings. The Balaban J connectivity index is 1.59. The molecule has 2 fully saturated rings. The van der Waals surface area contributed by atoms with Gasteiger partial charge < -0.3 is 10.2 Å². The van der Waals surface area contributed by atoms with Gasteiger partial charge in [-0.2, -0.15) is 5.10 Å². The minimum Gasteiger partial charge on any atom is -0.380 e. The molecule has 15 heavy (non-hydrogen) atoms. The number of hydrogen-bond acceptors (Lipinski definition) is 3. The maximum atomic E-state index is 3.96. The molecule has 4 heteroatoms. The standard InChI is InChI=1S/C11H18N4/c1-2-11-6-9(3-5-15(11)4-1)14-10-7-12-13-8-10/h7-9,11,14H,1-6H2,(H,12,13). The van der Waals surface area contributed by atoms with Gasteiger partial charge in [0.05, 0.1) is 11.9 Å². The van der Waals surface area contributed by atoms with Crippen molar-refractivity contribution in [3.63, 3.8) is 0 Å². The topological polar surface area (TPSA) is 44.0 Å². The molecule has 0 spiro atoms. The lowest BCUT2D eigenvalue weighted by molar-refractivity contribution is 0.188. The van der Waals surface area contributed by atoms with Gasteiger partial charge in [-0.25, -0.2) is 0 Å². The molecule has 2 atom stereocenters. The summed E-state index contributed by atoms with van der Waals surface area (Å²) in [6, 6.07) is 1.48. The van der Waals surface area contributed by atoms with E-state index in [2.05, 4.69) is 20.4 Å². The first-order chi connectivity index (χ1) is 7.42. The second-order valence-corrected chi connectivity index (χ2v) is 4.68. The molecule has 0 radical (unpaired) electrons. The summed E-state index contributed by atoms with van der Waals surface area (Å²) in [7, 11) is 0. The zero-order chi connectivity index (χ0) is 10.1. The molecule has 4 nitrogen and oxygen atoms in total. The molecule has 2 aliphatic heterocycles. The van der Waals surface area contributed by atoms with Gasteiger partial charge in [-0.1, -0.05) is 0 Å². The van der Waals surface area contributed by atoms with E-state index in [-0.39, 0.29) is 0 Å². The van der Waals surface area contributed by atoms with Crippen molar-refractivity contribution in [1.29, 1.82) is 0 Å². The van der Waals surface area contributed by atoms with E-state index in [1.807, 2.05) is 12.4 Å². The highest BCUT2D eigenvalue weighted by Gasteiger charge is 2.31. The highest BCUT2D eigenvalue weighted by Crippen LogP contribution is 2.28. The van der Waals surface area contributed by atoms with Gasteiger partial charge in [-0.05, 0) is 32.2 Å². The van der Waals surface area contributed by atoms with Crippen molar-refractivity contribution in [3.8, 4) is 0 Å². The van der Waals surface area contributed by atoms with Crippen LogP contribution in [-0.4, -0.2) is 40.3 Å². The van der Waals surface area contributed by atoms with Crippen molar-refractivity contribution in [1.82, 2.24) is 15.1 Å². The minimum atomic E-state index is 0.641. The van der Waals surface area contributed by atoms with Crippen molar-refractivity contribution in [2.75, 3.05) is 18.4 Å². The largest absolute Gasteiger partial charge is 0.380 e. The minimum absolute atomic E-state index is 0.641. The molecule has 0 aliphatic carbocycles. The van der Waals surface area contributed by atoms with E-state index >= 15 is 0 Å². The Labute approximate surface area is 90.0 Å². The fourth-order valence-corrected chi connectivity index (χ4v) is 2.92. The second kappa shape index (κ2) is 3.85. The van der Waals surface area contributed by atoms with Gasteiger partial charge in [0.2, 0.25) is 0 Å². The van der Waals surface area contributed by atoms with E-state index < -0.39 is 0 Å². The van der Waals surface area contributed by atoms with Crippen LogP contribution in [0.4, 0.5) is 5.69 Å². The third kappa shape index (κ3) is 1.86. The Bertz CT molecular complexity index is 308. The summed E-state index contributed by atoms with van der Waals surface area (Å²) in [6.45, 7) is 2.59. The summed E-state index contributed by atoms with van der Waals surface area (Å²) >= 11 is 0. The maximum absolute atomic E-state index is 3.96. The van der Waals surface area contributed by atoms with Crippen molar-refractivity contribution in [2.45, 2.75) is 37.8 Å². The van der Waals surface area contributed by atoms with Crippen molar-refractivity contribution >= 4 is 5.69 Å². The van der Waals surface area contributed by atoms with Crippen LogP contribution in [0.15, 0.2) is 12.4 Å². The Hall–Kier alpha value is -1.03. The number of nitrogens with one attached hydrogen (secondary N) is 2. The molecule has 0 aromatic carbocycles. The normalized spacial score (nSPS) is 31.5. The summed E-state index contributed by atoms with van der Waals surface area (Å²) in [5, 5.41) is 10.4. The lowest BCUT2D eigenvalue weighted by Gasteiger charge is -2.35. The molecule has 82 valence electrons. The van der Waals surface area contributed by atoms with Gasteiger partial charge in [0, 0.05) is 24.8 Å². The summed E-state index contributed by atoms with van der Waals surface area (Å²) in [5.74, 6) is 0. The molecular weight excluding hydrogens is 188 g/mol. The van der Waals surface area contributed by atoms with Crippen LogP contribution in [0.25, 0.3) is 0 Å². The number of fused-ring (bicyclic) bond motifs is 1. The van der Waals surface area contributed by atoms with Gasteiger partial charge in [-0.3, -0.25) is 5.10 Å². The Morgan fingerprint density at radius 3 is 3.27 bits per heavy atom. The summed E-state index contributed by atoms with van der Waals surface area (Å²) in [6.07, 6.45) is 9.14. The summed E-state index contributed by atoms with van der Waals surface area (Å²) in [5.41, 5.74) is 1.13. The highest BCUT2D eigenvalue weighted by atomic mass is 15.2. The lowest BCUT2D eigenvalue weighted by atomic mass is 9.97. The first-order valence-electron chi connectivity index (χ1n) is 5.91. The molecule has 2 saturated heterocycles. The Morgan fingerprint density at radius 2 is 2.40 bits per heavy atom. The van der Waals surface area contributed by atoms with Crippen molar-refractivity contribution in [2.24, 2.45) is 0 Å². The van der Waals surface area contributed by atoms with Crippen molar-refractivity contribution < 1.29 is 0 Å². The summed E-state index contributed by atoms with van der Waals surface area (Å²) in [4.78, 5) is 2.65. The van der Waals surface area contributed by atoms with Crippen LogP contribution in [0.3, 0.4) is 0 Å². The average Bonchev–Trinajstić information content (AvgIpc) is 2.87. The van der Waals surface area contributed by atoms with Gasteiger partial charge in [0.15, 0.2) is 0 Å². The van der Waals surface area contributed by atoms with Gasteiger partial charge >= 0.3 is 0 Å². The number of hydrogen-bond donors (Lipinski definition) is 2. The van der Waals surface area contributed by atoms with Crippen LogP contribution >= 0.6 is 0 Å². The third-order valence-electron chi connectivity index (χ3n) is 3.69. The van der Waals surface area contributed by atoms with E-state index in [1.54, 1.807) is 0 Å². The lowest BCUT2D eigenvalue weighted by Crippen LogP contribution is -2.42. The number of H-pyrrole nitrogens is 1. The average molecular weight is 206 g/mol. The molecule has 2 unspecified atom stereocenters. The van der Waals surface area contributed by atoms with Gasteiger partial charge in [-0.15, -0.1) is 0 Å². The summed E-state index contributed by atoms with van der Waals surface area (Å²) < 4.78 is 0. The Kier molecular flexibility index (Phi) is 2.37. The molecule has 1 aromatic heterocycles. The number of aromatic nitrogens is 2. The van der Waals surface area contributed by atoms with Gasteiger partial charge in [0.25, 0.3) is 0 Å². The molecule has 0 bridgehead atoms.